The molecular formula is C26H23FN6O2S. The second-order valence-corrected chi connectivity index (χ2v) is 10.7. The normalized spacial score (nSPS) is 15.1. The second-order valence-electron chi connectivity index (χ2n) is 8.77. The third kappa shape index (κ3) is 3.69. The molecule has 1 saturated heterocycles. The lowest BCUT2D eigenvalue weighted by atomic mass is 10.1. The van der Waals surface area contributed by atoms with E-state index in [2.05, 4.69) is 15.1 Å². The van der Waals surface area contributed by atoms with Crippen molar-refractivity contribution >= 4 is 32.5 Å². The first-order chi connectivity index (χ1) is 17.4. The van der Waals surface area contributed by atoms with Crippen molar-refractivity contribution in [3.63, 3.8) is 0 Å². The molecule has 3 heterocycles. The molecule has 0 radical (unpaired) electrons. The van der Waals surface area contributed by atoms with Gasteiger partial charge in [0.25, 0.3) is 0 Å². The van der Waals surface area contributed by atoms with Crippen LogP contribution in [0.15, 0.2) is 77.7 Å². The number of aryl methyl sites for hydroxylation is 1. The van der Waals surface area contributed by atoms with Crippen LogP contribution in [0.5, 0.6) is 0 Å². The Balaban J connectivity index is 1.40. The molecule has 10 heteroatoms. The maximum absolute atomic E-state index is 13.3. The Hall–Kier alpha value is -3.89. The van der Waals surface area contributed by atoms with Gasteiger partial charge in [0.15, 0.2) is 11.5 Å². The molecule has 0 bridgehead atoms. The Labute approximate surface area is 207 Å². The van der Waals surface area contributed by atoms with Gasteiger partial charge in [0.2, 0.25) is 16.0 Å². The van der Waals surface area contributed by atoms with E-state index >= 15 is 0 Å². The molecule has 1 fully saturated rings. The van der Waals surface area contributed by atoms with Crippen molar-refractivity contribution in [1.29, 1.82) is 0 Å². The van der Waals surface area contributed by atoms with Gasteiger partial charge in [-0.2, -0.15) is 4.31 Å². The molecule has 8 nitrogen and oxygen atoms in total. The van der Waals surface area contributed by atoms with Crippen LogP contribution in [0, 0.1) is 12.7 Å². The summed E-state index contributed by atoms with van der Waals surface area (Å²) >= 11 is 0. The van der Waals surface area contributed by atoms with Gasteiger partial charge in [-0.15, -0.1) is 10.2 Å². The van der Waals surface area contributed by atoms with E-state index in [9.17, 15) is 12.8 Å². The maximum Gasteiger partial charge on any atom is 0.243 e. The number of anilines is 1. The monoisotopic (exact) mass is 502 g/mol. The van der Waals surface area contributed by atoms with Crippen molar-refractivity contribution in [3.05, 3.63) is 84.2 Å². The Kier molecular flexibility index (Phi) is 5.42. The van der Waals surface area contributed by atoms with E-state index in [1.165, 1.54) is 16.4 Å². The summed E-state index contributed by atoms with van der Waals surface area (Å²) < 4.78 is 42.9. The number of aromatic nitrogens is 4. The Morgan fingerprint density at radius 2 is 1.53 bits per heavy atom. The number of fused-ring (bicyclic) bond motifs is 3. The SMILES string of the molecule is Cc1ccccc1-c1nnc2c3ccccc3nc(N3CCN(S(=O)(=O)c4ccc(F)cc4)CC3)n12. The fourth-order valence-electron chi connectivity index (χ4n) is 4.66. The first kappa shape index (κ1) is 22.6. The molecule has 182 valence electrons. The molecule has 0 atom stereocenters. The Morgan fingerprint density at radius 1 is 0.833 bits per heavy atom. The molecule has 5 aromatic rings. The lowest BCUT2D eigenvalue weighted by molar-refractivity contribution is 0.382. The van der Waals surface area contributed by atoms with Crippen LogP contribution in [0.25, 0.3) is 27.9 Å². The minimum atomic E-state index is -3.72. The molecule has 36 heavy (non-hydrogen) atoms. The molecule has 1 aliphatic rings. The second kappa shape index (κ2) is 8.65. The highest BCUT2D eigenvalue weighted by Crippen LogP contribution is 2.30. The number of hydrogen-bond donors (Lipinski definition) is 0. The standard InChI is InChI=1S/C26H23FN6O2S/c1-18-6-2-3-7-21(18)24-29-30-25-22-8-4-5-9-23(22)28-26(33(24)25)31-14-16-32(17-15-31)36(34,35)20-12-10-19(27)11-13-20/h2-13H,14-17H2,1H3. The largest absolute Gasteiger partial charge is 0.339 e. The summed E-state index contributed by atoms with van der Waals surface area (Å²) in [5.74, 6) is 0.895. The van der Waals surface area contributed by atoms with Gasteiger partial charge in [0.05, 0.1) is 10.4 Å². The highest BCUT2D eigenvalue weighted by Gasteiger charge is 2.30. The van der Waals surface area contributed by atoms with Crippen LogP contribution in [0.3, 0.4) is 0 Å². The first-order valence-corrected chi connectivity index (χ1v) is 13.1. The predicted molar refractivity (Wildman–Crippen MR) is 136 cm³/mol. The topological polar surface area (TPSA) is 83.7 Å². The van der Waals surface area contributed by atoms with E-state index in [0.29, 0.717) is 30.5 Å². The van der Waals surface area contributed by atoms with Crippen LogP contribution in [0.4, 0.5) is 10.3 Å². The first-order valence-electron chi connectivity index (χ1n) is 11.6. The van der Waals surface area contributed by atoms with Gasteiger partial charge < -0.3 is 4.90 Å². The van der Waals surface area contributed by atoms with Crippen LogP contribution < -0.4 is 4.90 Å². The Morgan fingerprint density at radius 3 is 2.28 bits per heavy atom. The van der Waals surface area contributed by atoms with Crippen molar-refractivity contribution in [2.45, 2.75) is 11.8 Å². The average molecular weight is 503 g/mol. The zero-order valence-corrected chi connectivity index (χ0v) is 20.4. The number of rotatable bonds is 4. The number of benzene rings is 3. The van der Waals surface area contributed by atoms with E-state index in [-0.39, 0.29) is 18.0 Å². The highest BCUT2D eigenvalue weighted by molar-refractivity contribution is 7.89. The predicted octanol–water partition coefficient (Wildman–Crippen LogP) is 3.90. The van der Waals surface area contributed by atoms with Gasteiger partial charge in [-0.25, -0.2) is 22.2 Å². The Bertz CT molecular complexity index is 1690. The zero-order chi connectivity index (χ0) is 24.9. The summed E-state index contributed by atoms with van der Waals surface area (Å²) in [6.45, 7) is 3.46. The smallest absolute Gasteiger partial charge is 0.243 e. The molecule has 0 unspecified atom stereocenters. The summed E-state index contributed by atoms with van der Waals surface area (Å²) in [7, 11) is -3.72. The lowest BCUT2D eigenvalue weighted by Crippen LogP contribution is -2.49. The molecule has 0 saturated carbocycles. The highest BCUT2D eigenvalue weighted by atomic mass is 32.2. The minimum absolute atomic E-state index is 0.0872. The number of hydrogen-bond acceptors (Lipinski definition) is 6. The van der Waals surface area contributed by atoms with Crippen molar-refractivity contribution in [3.8, 4) is 11.4 Å². The van der Waals surface area contributed by atoms with Crippen molar-refractivity contribution in [2.75, 3.05) is 31.1 Å². The van der Waals surface area contributed by atoms with Crippen LogP contribution in [0.1, 0.15) is 5.56 Å². The summed E-state index contributed by atoms with van der Waals surface area (Å²) in [6, 6.07) is 20.7. The van der Waals surface area contributed by atoms with E-state index in [1.807, 2.05) is 59.9 Å². The molecule has 0 aliphatic carbocycles. The fourth-order valence-corrected chi connectivity index (χ4v) is 6.08. The number of halogens is 1. The molecular weight excluding hydrogens is 479 g/mol. The molecule has 0 amide bonds. The molecule has 6 rings (SSSR count). The molecule has 0 spiro atoms. The van der Waals surface area contributed by atoms with Crippen LogP contribution in [0.2, 0.25) is 0 Å². The quantitative estimate of drug-likeness (QED) is 0.371. The average Bonchev–Trinajstić information content (AvgIpc) is 3.34. The summed E-state index contributed by atoms with van der Waals surface area (Å²) in [4.78, 5) is 7.13. The molecule has 2 aromatic heterocycles. The fraction of sp³-hybridized carbons (Fsp3) is 0.192. The summed E-state index contributed by atoms with van der Waals surface area (Å²) in [5.41, 5.74) is 3.53. The minimum Gasteiger partial charge on any atom is -0.339 e. The van der Waals surface area contributed by atoms with Gasteiger partial charge in [0.1, 0.15) is 5.82 Å². The zero-order valence-electron chi connectivity index (χ0n) is 19.5. The van der Waals surface area contributed by atoms with Gasteiger partial charge in [-0.05, 0) is 48.9 Å². The van der Waals surface area contributed by atoms with Crippen molar-refractivity contribution < 1.29 is 12.8 Å². The third-order valence-electron chi connectivity index (χ3n) is 6.59. The maximum atomic E-state index is 13.3. The molecule has 3 aromatic carbocycles. The van der Waals surface area contributed by atoms with Gasteiger partial charge in [0, 0.05) is 37.1 Å². The number of nitrogens with zero attached hydrogens (tertiary/aromatic N) is 6. The van der Waals surface area contributed by atoms with Gasteiger partial charge >= 0.3 is 0 Å². The van der Waals surface area contributed by atoms with Gasteiger partial charge in [-0.3, -0.25) is 0 Å². The molecule has 1 aliphatic heterocycles. The van der Waals surface area contributed by atoms with Crippen LogP contribution in [-0.4, -0.2) is 58.5 Å². The number of sulfonamides is 1. The number of piperazine rings is 1. The number of para-hydroxylation sites is 1. The summed E-state index contributed by atoms with van der Waals surface area (Å²) in [6.07, 6.45) is 0. The van der Waals surface area contributed by atoms with Gasteiger partial charge in [-0.1, -0.05) is 36.4 Å². The summed E-state index contributed by atoms with van der Waals surface area (Å²) in [5, 5.41) is 9.97. The van der Waals surface area contributed by atoms with Crippen molar-refractivity contribution in [2.24, 2.45) is 0 Å². The van der Waals surface area contributed by atoms with E-state index < -0.39 is 15.8 Å². The van der Waals surface area contributed by atoms with Crippen molar-refractivity contribution in [1.82, 2.24) is 23.9 Å². The van der Waals surface area contributed by atoms with E-state index in [0.717, 1.165) is 34.2 Å². The van der Waals surface area contributed by atoms with Crippen LogP contribution in [-0.2, 0) is 10.0 Å². The van der Waals surface area contributed by atoms with E-state index in [1.54, 1.807) is 0 Å². The molecule has 0 N–H and O–H groups in total. The lowest BCUT2D eigenvalue weighted by Gasteiger charge is -2.35. The third-order valence-corrected chi connectivity index (χ3v) is 8.50. The van der Waals surface area contributed by atoms with Crippen LogP contribution >= 0.6 is 0 Å². The van der Waals surface area contributed by atoms with E-state index in [4.69, 9.17) is 4.98 Å².